The summed E-state index contributed by atoms with van der Waals surface area (Å²) in [5.41, 5.74) is 1.77. The number of hydrogen-bond donors (Lipinski definition) is 1. The predicted octanol–water partition coefficient (Wildman–Crippen LogP) is 4.22. The molecule has 9 heteroatoms. The Labute approximate surface area is 159 Å². The number of nitrogens with zero attached hydrogens (tertiary/aromatic N) is 2. The van der Waals surface area contributed by atoms with Gasteiger partial charge in [-0.25, -0.2) is 0 Å². The minimum absolute atomic E-state index is 0.101. The normalized spacial score (nSPS) is 11.5. The van der Waals surface area contributed by atoms with E-state index in [2.05, 4.69) is 31.2 Å². The van der Waals surface area contributed by atoms with Crippen molar-refractivity contribution in [3.05, 3.63) is 58.8 Å². The van der Waals surface area contributed by atoms with Gasteiger partial charge < -0.3 is 18.8 Å². The molecule has 0 spiro atoms. The SMILES string of the molecule is COP(=O)(OC)c1nc(-c2ccc(Br)cc2)oc1NCc1cccnc1. The fourth-order valence-corrected chi connectivity index (χ4v) is 3.61. The Morgan fingerprint density at radius 2 is 1.92 bits per heavy atom. The van der Waals surface area contributed by atoms with Crippen molar-refractivity contribution >= 4 is 34.8 Å². The van der Waals surface area contributed by atoms with Gasteiger partial charge in [0.25, 0.3) is 0 Å². The zero-order chi connectivity index (χ0) is 18.6. The first-order chi connectivity index (χ1) is 12.6. The zero-order valence-electron chi connectivity index (χ0n) is 14.2. The van der Waals surface area contributed by atoms with Crippen LogP contribution in [0.2, 0.25) is 0 Å². The van der Waals surface area contributed by atoms with Crippen LogP contribution < -0.4 is 10.8 Å². The van der Waals surface area contributed by atoms with Crippen LogP contribution in [0.5, 0.6) is 0 Å². The van der Waals surface area contributed by atoms with Crippen LogP contribution in [0.15, 0.2) is 57.7 Å². The minimum Gasteiger partial charge on any atom is -0.420 e. The van der Waals surface area contributed by atoms with Gasteiger partial charge in [0.2, 0.25) is 17.2 Å². The van der Waals surface area contributed by atoms with Gasteiger partial charge in [-0.1, -0.05) is 22.0 Å². The standard InChI is InChI=1S/C17H17BrN3O4P/c1-23-26(22,24-2)17-16(20-11-12-4-3-9-19-10-12)25-15(21-17)13-5-7-14(18)8-6-13/h3-10,20H,11H2,1-2H3. The predicted molar refractivity (Wildman–Crippen MR) is 102 cm³/mol. The Bertz CT molecular complexity index is 908. The first kappa shape index (κ1) is 18.8. The number of benzene rings is 1. The van der Waals surface area contributed by atoms with Crippen molar-refractivity contribution < 1.29 is 18.0 Å². The Hall–Kier alpha value is -1.99. The summed E-state index contributed by atoms with van der Waals surface area (Å²) >= 11 is 3.39. The smallest absolute Gasteiger partial charge is 0.384 e. The lowest BCUT2D eigenvalue weighted by Crippen LogP contribution is -2.14. The van der Waals surface area contributed by atoms with Crippen molar-refractivity contribution in [2.75, 3.05) is 19.5 Å². The molecule has 1 aromatic carbocycles. The maximum absolute atomic E-state index is 12.9. The Morgan fingerprint density at radius 1 is 1.19 bits per heavy atom. The van der Waals surface area contributed by atoms with E-state index in [1.54, 1.807) is 12.4 Å². The molecule has 26 heavy (non-hydrogen) atoms. The quantitative estimate of drug-likeness (QED) is 0.553. The number of pyridine rings is 1. The third kappa shape index (κ3) is 4.04. The van der Waals surface area contributed by atoms with Gasteiger partial charge in [-0.2, -0.15) is 4.98 Å². The lowest BCUT2D eigenvalue weighted by Gasteiger charge is -2.12. The molecule has 0 radical (unpaired) electrons. The number of aromatic nitrogens is 2. The van der Waals surface area contributed by atoms with Crippen LogP contribution in [0.1, 0.15) is 5.56 Å². The van der Waals surface area contributed by atoms with E-state index in [1.165, 1.54) is 14.2 Å². The molecule has 0 aliphatic rings. The van der Waals surface area contributed by atoms with Crippen molar-refractivity contribution in [2.24, 2.45) is 0 Å². The van der Waals surface area contributed by atoms with Crippen molar-refractivity contribution in [2.45, 2.75) is 6.54 Å². The lowest BCUT2D eigenvalue weighted by molar-refractivity contribution is 0.286. The molecule has 2 aromatic heterocycles. The molecular formula is C17H17BrN3O4P. The van der Waals surface area contributed by atoms with Gasteiger partial charge >= 0.3 is 7.60 Å². The first-order valence-corrected chi connectivity index (χ1v) is 10.0. The molecule has 0 amide bonds. The summed E-state index contributed by atoms with van der Waals surface area (Å²) in [4.78, 5) is 8.43. The van der Waals surface area contributed by atoms with Gasteiger partial charge in [-0.05, 0) is 35.9 Å². The van der Waals surface area contributed by atoms with E-state index in [-0.39, 0.29) is 11.3 Å². The monoisotopic (exact) mass is 437 g/mol. The number of nitrogens with one attached hydrogen (secondary N) is 1. The van der Waals surface area contributed by atoms with Gasteiger partial charge in [0.15, 0.2) is 0 Å². The van der Waals surface area contributed by atoms with Crippen LogP contribution in [0.3, 0.4) is 0 Å². The van der Waals surface area contributed by atoms with Crippen LogP contribution in [0.4, 0.5) is 5.88 Å². The van der Waals surface area contributed by atoms with Crippen LogP contribution in [-0.2, 0) is 20.2 Å². The molecule has 1 N–H and O–H groups in total. The summed E-state index contributed by atoms with van der Waals surface area (Å²) in [6.45, 7) is 0.420. The highest BCUT2D eigenvalue weighted by Crippen LogP contribution is 2.47. The lowest BCUT2D eigenvalue weighted by atomic mass is 10.2. The summed E-state index contributed by atoms with van der Waals surface area (Å²) in [6.07, 6.45) is 3.42. The Kier molecular flexibility index (Phi) is 5.88. The number of anilines is 1. The maximum Gasteiger partial charge on any atom is 0.384 e. The van der Waals surface area contributed by atoms with Gasteiger partial charge in [0.05, 0.1) is 0 Å². The van der Waals surface area contributed by atoms with Gasteiger partial charge in [-0.15, -0.1) is 0 Å². The molecular weight excluding hydrogens is 421 g/mol. The highest BCUT2D eigenvalue weighted by molar-refractivity contribution is 9.10. The second-order valence-electron chi connectivity index (χ2n) is 5.26. The van der Waals surface area contributed by atoms with E-state index in [9.17, 15) is 4.57 Å². The molecule has 0 atom stereocenters. The van der Waals surface area contributed by atoms with Crippen molar-refractivity contribution in [1.29, 1.82) is 0 Å². The molecule has 3 rings (SSSR count). The van der Waals surface area contributed by atoms with E-state index < -0.39 is 7.60 Å². The van der Waals surface area contributed by atoms with Crippen LogP contribution >= 0.6 is 23.5 Å². The molecule has 7 nitrogen and oxygen atoms in total. The number of oxazole rings is 1. The average Bonchev–Trinajstić information content (AvgIpc) is 3.12. The molecule has 2 heterocycles. The summed E-state index contributed by atoms with van der Waals surface area (Å²) in [5, 5.41) is 3.09. The summed E-state index contributed by atoms with van der Waals surface area (Å²) in [7, 11) is -0.976. The molecule has 0 aliphatic carbocycles. The minimum atomic E-state index is -3.59. The van der Waals surface area contributed by atoms with E-state index in [0.717, 1.165) is 15.6 Å². The summed E-state index contributed by atoms with van der Waals surface area (Å²) < 4.78 is 29.8. The van der Waals surface area contributed by atoms with Crippen molar-refractivity contribution in [1.82, 2.24) is 9.97 Å². The maximum atomic E-state index is 12.9. The second kappa shape index (κ2) is 8.14. The van der Waals surface area contributed by atoms with E-state index >= 15 is 0 Å². The van der Waals surface area contributed by atoms with Gasteiger partial charge in [-0.3, -0.25) is 9.55 Å². The number of hydrogen-bond acceptors (Lipinski definition) is 7. The van der Waals surface area contributed by atoms with E-state index in [4.69, 9.17) is 13.5 Å². The molecule has 3 aromatic rings. The molecule has 0 saturated carbocycles. The Morgan fingerprint density at radius 3 is 2.54 bits per heavy atom. The third-order valence-corrected chi connectivity index (χ3v) is 5.93. The van der Waals surface area contributed by atoms with Gasteiger partial charge in [0.1, 0.15) is 0 Å². The van der Waals surface area contributed by atoms with Crippen LogP contribution in [0.25, 0.3) is 11.5 Å². The van der Waals surface area contributed by atoms with E-state index in [0.29, 0.717) is 12.4 Å². The molecule has 0 aliphatic heterocycles. The number of rotatable bonds is 7. The van der Waals surface area contributed by atoms with Crippen molar-refractivity contribution in [3.63, 3.8) is 0 Å². The summed E-state index contributed by atoms with van der Waals surface area (Å²) in [5.74, 6) is 0.550. The molecule has 0 fully saturated rings. The van der Waals surface area contributed by atoms with Crippen LogP contribution in [0, 0.1) is 0 Å². The molecule has 0 unspecified atom stereocenters. The fourth-order valence-electron chi connectivity index (χ4n) is 2.26. The molecule has 136 valence electrons. The van der Waals surface area contributed by atoms with Gasteiger partial charge in [0, 0.05) is 43.2 Å². The highest BCUT2D eigenvalue weighted by atomic mass is 79.9. The van der Waals surface area contributed by atoms with E-state index in [1.807, 2.05) is 36.4 Å². The van der Waals surface area contributed by atoms with Crippen LogP contribution in [-0.4, -0.2) is 24.2 Å². The zero-order valence-corrected chi connectivity index (χ0v) is 16.7. The Balaban J connectivity index is 1.97. The third-order valence-electron chi connectivity index (χ3n) is 3.62. The second-order valence-corrected chi connectivity index (χ2v) is 8.32. The molecule has 0 saturated heterocycles. The fraction of sp³-hybridized carbons (Fsp3) is 0.176. The highest BCUT2D eigenvalue weighted by Gasteiger charge is 2.34. The topological polar surface area (TPSA) is 86.5 Å². The van der Waals surface area contributed by atoms with Crippen molar-refractivity contribution in [3.8, 4) is 11.5 Å². The first-order valence-electron chi connectivity index (χ1n) is 7.67. The largest absolute Gasteiger partial charge is 0.420 e. The summed E-state index contributed by atoms with van der Waals surface area (Å²) in [6, 6.07) is 11.2. The number of halogens is 1. The molecule has 0 bridgehead atoms. The average molecular weight is 438 g/mol.